The first-order chi connectivity index (χ1) is 10.3. The van der Waals surface area contributed by atoms with Crippen LogP contribution in [0.5, 0.6) is 0 Å². The van der Waals surface area contributed by atoms with E-state index in [0.717, 1.165) is 34.2 Å². The number of rotatable bonds is 4. The van der Waals surface area contributed by atoms with Crippen LogP contribution in [0.15, 0.2) is 59.2 Å². The lowest BCUT2D eigenvalue weighted by Gasteiger charge is -2.09. The molecule has 1 aromatic heterocycles. The van der Waals surface area contributed by atoms with Gasteiger partial charge in [-0.25, -0.2) is 0 Å². The molecule has 0 aliphatic carbocycles. The summed E-state index contributed by atoms with van der Waals surface area (Å²) in [5.74, 6) is 0. The summed E-state index contributed by atoms with van der Waals surface area (Å²) in [7, 11) is 0. The molecular formula is C17H14BrN3. The molecule has 0 atom stereocenters. The van der Waals surface area contributed by atoms with Gasteiger partial charge < -0.3 is 9.88 Å². The summed E-state index contributed by atoms with van der Waals surface area (Å²) in [5, 5.41) is 13.6. The van der Waals surface area contributed by atoms with E-state index >= 15 is 0 Å². The first-order valence-electron chi connectivity index (χ1n) is 6.75. The van der Waals surface area contributed by atoms with Gasteiger partial charge in [0.2, 0.25) is 0 Å². The minimum Gasteiger partial charge on any atom is -0.383 e. The maximum Gasteiger partial charge on any atom is 0.0992 e. The average molecular weight is 340 g/mol. The molecule has 1 heterocycles. The van der Waals surface area contributed by atoms with E-state index in [0.29, 0.717) is 5.56 Å². The molecule has 0 aliphatic heterocycles. The van der Waals surface area contributed by atoms with Crippen molar-refractivity contribution in [3.63, 3.8) is 0 Å². The summed E-state index contributed by atoms with van der Waals surface area (Å²) in [4.78, 5) is 0. The number of aromatic nitrogens is 1. The predicted molar refractivity (Wildman–Crippen MR) is 89.3 cm³/mol. The van der Waals surface area contributed by atoms with E-state index in [1.807, 2.05) is 36.4 Å². The molecule has 4 heteroatoms. The van der Waals surface area contributed by atoms with E-state index in [4.69, 9.17) is 5.26 Å². The average Bonchev–Trinajstić information content (AvgIpc) is 2.90. The van der Waals surface area contributed by atoms with Crippen LogP contribution >= 0.6 is 15.9 Å². The molecular weight excluding hydrogens is 326 g/mol. The van der Waals surface area contributed by atoms with Gasteiger partial charge in [0.1, 0.15) is 0 Å². The van der Waals surface area contributed by atoms with E-state index in [9.17, 15) is 0 Å². The fourth-order valence-corrected chi connectivity index (χ4v) is 2.77. The van der Waals surface area contributed by atoms with Gasteiger partial charge in [-0.2, -0.15) is 5.26 Å². The van der Waals surface area contributed by atoms with Crippen molar-refractivity contribution in [2.45, 2.75) is 6.54 Å². The fraction of sp³-hybridized carbons (Fsp3) is 0.118. The third kappa shape index (κ3) is 3.09. The highest BCUT2D eigenvalue weighted by Crippen LogP contribution is 2.18. The van der Waals surface area contributed by atoms with Crippen LogP contribution in [0.3, 0.4) is 0 Å². The Hall–Kier alpha value is -2.25. The number of fused-ring (bicyclic) bond motifs is 1. The molecule has 3 aromatic rings. The minimum atomic E-state index is 0.697. The molecule has 21 heavy (non-hydrogen) atoms. The first-order valence-corrected chi connectivity index (χ1v) is 7.54. The maximum atomic E-state index is 9.00. The quantitative estimate of drug-likeness (QED) is 0.765. The topological polar surface area (TPSA) is 40.8 Å². The van der Waals surface area contributed by atoms with E-state index < -0.39 is 0 Å². The Bertz CT molecular complexity index is 814. The molecule has 0 spiro atoms. The standard InChI is InChI=1S/C17H14BrN3/c18-15-2-1-3-16(11-15)20-7-9-21-8-6-14-5-4-13(12-19)10-17(14)21/h1-6,8,10-11,20H,7,9H2. The van der Waals surface area contributed by atoms with E-state index in [1.54, 1.807) is 0 Å². The van der Waals surface area contributed by atoms with Crippen LogP contribution in [0.4, 0.5) is 5.69 Å². The molecule has 1 N–H and O–H groups in total. The van der Waals surface area contributed by atoms with Gasteiger partial charge in [0.05, 0.1) is 11.6 Å². The summed E-state index contributed by atoms with van der Waals surface area (Å²) in [5.41, 5.74) is 2.89. The van der Waals surface area contributed by atoms with Crippen molar-refractivity contribution in [3.8, 4) is 6.07 Å². The lowest BCUT2D eigenvalue weighted by atomic mass is 10.2. The number of hydrogen-bond donors (Lipinski definition) is 1. The minimum absolute atomic E-state index is 0.697. The van der Waals surface area contributed by atoms with E-state index in [2.05, 4.69) is 50.2 Å². The van der Waals surface area contributed by atoms with Crippen LogP contribution < -0.4 is 5.32 Å². The van der Waals surface area contributed by atoms with E-state index in [-0.39, 0.29) is 0 Å². The van der Waals surface area contributed by atoms with Crippen molar-refractivity contribution in [3.05, 3.63) is 64.8 Å². The second-order valence-electron chi connectivity index (χ2n) is 4.83. The van der Waals surface area contributed by atoms with Crippen LogP contribution in [0.25, 0.3) is 10.9 Å². The molecule has 0 fully saturated rings. The summed E-state index contributed by atoms with van der Waals surface area (Å²) in [6, 6.07) is 18.2. The molecule has 0 saturated heterocycles. The zero-order valence-electron chi connectivity index (χ0n) is 11.4. The predicted octanol–water partition coefficient (Wildman–Crippen LogP) is 4.39. The zero-order chi connectivity index (χ0) is 14.7. The second-order valence-corrected chi connectivity index (χ2v) is 5.75. The van der Waals surface area contributed by atoms with Crippen molar-refractivity contribution in [1.82, 2.24) is 4.57 Å². The van der Waals surface area contributed by atoms with Gasteiger partial charge in [-0.05, 0) is 41.8 Å². The third-order valence-electron chi connectivity index (χ3n) is 3.41. The van der Waals surface area contributed by atoms with Gasteiger partial charge >= 0.3 is 0 Å². The lowest BCUT2D eigenvalue weighted by Crippen LogP contribution is -2.09. The number of halogens is 1. The van der Waals surface area contributed by atoms with Gasteiger partial charge in [-0.1, -0.05) is 28.1 Å². The van der Waals surface area contributed by atoms with Crippen molar-refractivity contribution in [2.75, 3.05) is 11.9 Å². The van der Waals surface area contributed by atoms with Crippen LogP contribution in [-0.4, -0.2) is 11.1 Å². The van der Waals surface area contributed by atoms with Gasteiger partial charge in [0.15, 0.2) is 0 Å². The second kappa shape index (κ2) is 6.02. The number of nitriles is 1. The summed E-state index contributed by atoms with van der Waals surface area (Å²) >= 11 is 3.47. The van der Waals surface area contributed by atoms with Gasteiger partial charge in [-0.3, -0.25) is 0 Å². The van der Waals surface area contributed by atoms with Crippen LogP contribution in [0.2, 0.25) is 0 Å². The number of hydrogen-bond acceptors (Lipinski definition) is 2. The molecule has 0 radical (unpaired) electrons. The van der Waals surface area contributed by atoms with Crippen molar-refractivity contribution >= 4 is 32.5 Å². The highest BCUT2D eigenvalue weighted by atomic mass is 79.9. The van der Waals surface area contributed by atoms with Crippen molar-refractivity contribution in [1.29, 1.82) is 5.26 Å². The molecule has 0 saturated carbocycles. The molecule has 3 nitrogen and oxygen atoms in total. The molecule has 0 bridgehead atoms. The normalized spacial score (nSPS) is 10.5. The zero-order valence-corrected chi connectivity index (χ0v) is 13.0. The smallest absolute Gasteiger partial charge is 0.0992 e. The Morgan fingerprint density at radius 3 is 2.86 bits per heavy atom. The summed E-state index contributed by atoms with van der Waals surface area (Å²) in [6.45, 7) is 1.68. The van der Waals surface area contributed by atoms with Crippen molar-refractivity contribution < 1.29 is 0 Å². The number of anilines is 1. The summed E-state index contributed by atoms with van der Waals surface area (Å²) < 4.78 is 3.24. The molecule has 3 rings (SSSR count). The Balaban J connectivity index is 1.72. The SMILES string of the molecule is N#Cc1ccc2ccn(CCNc3cccc(Br)c3)c2c1. The van der Waals surface area contributed by atoms with Crippen LogP contribution in [0, 0.1) is 11.3 Å². The van der Waals surface area contributed by atoms with Gasteiger partial charge in [0, 0.05) is 35.0 Å². The Morgan fingerprint density at radius 1 is 1.14 bits per heavy atom. The lowest BCUT2D eigenvalue weighted by molar-refractivity contribution is 0.757. The highest BCUT2D eigenvalue weighted by molar-refractivity contribution is 9.10. The first kappa shape index (κ1) is 13.7. The van der Waals surface area contributed by atoms with E-state index in [1.165, 1.54) is 0 Å². The highest BCUT2D eigenvalue weighted by Gasteiger charge is 2.02. The molecule has 2 aromatic carbocycles. The Morgan fingerprint density at radius 2 is 2.05 bits per heavy atom. The number of nitrogens with one attached hydrogen (secondary N) is 1. The monoisotopic (exact) mass is 339 g/mol. The molecule has 0 unspecified atom stereocenters. The fourth-order valence-electron chi connectivity index (χ4n) is 2.37. The summed E-state index contributed by atoms with van der Waals surface area (Å²) in [6.07, 6.45) is 2.06. The van der Waals surface area contributed by atoms with Crippen LogP contribution in [-0.2, 0) is 6.54 Å². The molecule has 0 amide bonds. The number of nitrogens with zero attached hydrogens (tertiary/aromatic N) is 2. The Kier molecular flexibility index (Phi) is 3.94. The van der Waals surface area contributed by atoms with Crippen LogP contribution in [0.1, 0.15) is 5.56 Å². The number of benzene rings is 2. The molecule has 0 aliphatic rings. The van der Waals surface area contributed by atoms with Gasteiger partial charge in [0.25, 0.3) is 0 Å². The third-order valence-corrected chi connectivity index (χ3v) is 3.90. The van der Waals surface area contributed by atoms with Gasteiger partial charge in [-0.15, -0.1) is 0 Å². The van der Waals surface area contributed by atoms with Crippen molar-refractivity contribution in [2.24, 2.45) is 0 Å². The molecule has 104 valence electrons. The maximum absolute atomic E-state index is 9.00. The Labute approximate surface area is 131 Å². The largest absolute Gasteiger partial charge is 0.383 e.